The molecule has 13 heavy (non-hydrogen) atoms. The first-order valence-electron chi connectivity index (χ1n) is 4.37. The van der Waals surface area contributed by atoms with E-state index < -0.39 is 0 Å². The molecule has 5 heteroatoms. The summed E-state index contributed by atoms with van der Waals surface area (Å²) in [6.45, 7) is 3.53. The van der Waals surface area contributed by atoms with Crippen molar-refractivity contribution in [2.75, 3.05) is 27.3 Å². The predicted molar refractivity (Wildman–Crippen MR) is 50.5 cm³/mol. The van der Waals surface area contributed by atoms with Crippen LogP contribution in [0, 0.1) is 0 Å². The van der Waals surface area contributed by atoms with Crippen molar-refractivity contribution in [3.8, 4) is 0 Å². The summed E-state index contributed by atoms with van der Waals surface area (Å²) in [5.74, 6) is 0.734. The van der Waals surface area contributed by atoms with E-state index in [9.17, 15) is 4.79 Å². The number of amides is 1. The van der Waals surface area contributed by atoms with E-state index in [2.05, 4.69) is 16.0 Å². The topological polar surface area (TPSA) is 56.4 Å². The van der Waals surface area contributed by atoms with Gasteiger partial charge in [0.25, 0.3) is 5.91 Å². The smallest absolute Gasteiger partial charge is 0.271 e. The molecule has 0 saturated carbocycles. The highest BCUT2D eigenvalue weighted by Gasteiger charge is 2.25. The molecule has 0 fully saturated rings. The lowest BCUT2D eigenvalue weighted by atomic mass is 10.3. The van der Waals surface area contributed by atoms with E-state index in [-0.39, 0.29) is 5.91 Å². The highest BCUT2D eigenvalue weighted by Crippen LogP contribution is 2.11. The molecule has 0 aromatic heterocycles. The molecule has 0 atom stereocenters. The van der Waals surface area contributed by atoms with E-state index in [0.717, 1.165) is 12.4 Å². The van der Waals surface area contributed by atoms with Crippen LogP contribution in [0.25, 0.3) is 0 Å². The van der Waals surface area contributed by atoms with E-state index in [4.69, 9.17) is 0 Å². The van der Waals surface area contributed by atoms with Crippen LogP contribution in [-0.4, -0.2) is 38.1 Å². The van der Waals surface area contributed by atoms with Crippen molar-refractivity contribution in [3.05, 3.63) is 11.5 Å². The van der Waals surface area contributed by atoms with Gasteiger partial charge in [0.2, 0.25) is 0 Å². The average molecular weight is 184 g/mol. The molecular weight excluding hydrogens is 168 g/mol. The Morgan fingerprint density at radius 2 is 2.31 bits per heavy atom. The summed E-state index contributed by atoms with van der Waals surface area (Å²) >= 11 is 0. The lowest BCUT2D eigenvalue weighted by Crippen LogP contribution is -2.32. The maximum Gasteiger partial charge on any atom is 0.271 e. The number of likely N-dealkylation sites (N-methyl/N-ethyl adjacent to an activating group) is 2. The molecule has 0 aliphatic carbocycles. The zero-order chi connectivity index (χ0) is 9.84. The van der Waals surface area contributed by atoms with Gasteiger partial charge in [0.05, 0.1) is 6.67 Å². The minimum atomic E-state index is -0.0591. The van der Waals surface area contributed by atoms with Gasteiger partial charge in [-0.15, -0.1) is 0 Å². The van der Waals surface area contributed by atoms with Crippen LogP contribution in [0.3, 0.4) is 0 Å². The number of nitrogens with zero attached hydrogens (tertiary/aromatic N) is 1. The van der Waals surface area contributed by atoms with E-state index >= 15 is 0 Å². The van der Waals surface area contributed by atoms with Crippen LogP contribution in [0.2, 0.25) is 0 Å². The zero-order valence-corrected chi connectivity index (χ0v) is 8.27. The van der Waals surface area contributed by atoms with Crippen molar-refractivity contribution < 1.29 is 4.79 Å². The van der Waals surface area contributed by atoms with Gasteiger partial charge in [-0.1, -0.05) is 0 Å². The Labute approximate surface area is 78.2 Å². The quantitative estimate of drug-likeness (QED) is 0.527. The summed E-state index contributed by atoms with van der Waals surface area (Å²) < 4.78 is 0. The first kappa shape index (κ1) is 9.70. The fraction of sp³-hybridized carbons (Fsp3) is 0.625. The first-order valence-corrected chi connectivity index (χ1v) is 4.37. The molecule has 5 nitrogen and oxygen atoms in total. The molecule has 0 aromatic carbocycles. The lowest BCUT2D eigenvalue weighted by molar-refractivity contribution is -0.118. The van der Waals surface area contributed by atoms with E-state index in [1.807, 2.05) is 11.8 Å². The van der Waals surface area contributed by atoms with Gasteiger partial charge >= 0.3 is 0 Å². The average Bonchev–Trinajstić information content (AvgIpc) is 2.59. The summed E-state index contributed by atoms with van der Waals surface area (Å²) in [6, 6.07) is 0. The molecule has 1 aliphatic rings. The van der Waals surface area contributed by atoms with Crippen molar-refractivity contribution in [3.63, 3.8) is 0 Å². The van der Waals surface area contributed by atoms with Crippen LogP contribution in [0.5, 0.6) is 0 Å². The number of hydrogen-bond acceptors (Lipinski definition) is 4. The Kier molecular flexibility index (Phi) is 3.00. The number of hydrogen-bond donors (Lipinski definition) is 3. The second-order valence-electron chi connectivity index (χ2n) is 2.74. The van der Waals surface area contributed by atoms with Gasteiger partial charge in [0, 0.05) is 20.6 Å². The molecular formula is C8H16N4O. The van der Waals surface area contributed by atoms with Crippen LogP contribution in [-0.2, 0) is 4.79 Å². The van der Waals surface area contributed by atoms with E-state index in [0.29, 0.717) is 12.4 Å². The normalized spacial score (nSPS) is 15.8. The summed E-state index contributed by atoms with van der Waals surface area (Å²) in [7, 11) is 3.43. The summed E-state index contributed by atoms with van der Waals surface area (Å²) in [5.41, 5.74) is 0.688. The van der Waals surface area contributed by atoms with Gasteiger partial charge in [0.15, 0.2) is 0 Å². The summed E-state index contributed by atoms with van der Waals surface area (Å²) in [6.07, 6.45) is 0. The van der Waals surface area contributed by atoms with Crippen molar-refractivity contribution in [1.82, 2.24) is 20.9 Å². The van der Waals surface area contributed by atoms with Gasteiger partial charge in [0.1, 0.15) is 11.5 Å². The van der Waals surface area contributed by atoms with Crippen LogP contribution < -0.4 is 16.0 Å². The maximum absolute atomic E-state index is 11.5. The van der Waals surface area contributed by atoms with Gasteiger partial charge in [-0.2, -0.15) is 0 Å². The van der Waals surface area contributed by atoms with E-state index in [1.54, 1.807) is 14.1 Å². The van der Waals surface area contributed by atoms with Crippen LogP contribution in [0.15, 0.2) is 11.5 Å². The zero-order valence-electron chi connectivity index (χ0n) is 8.27. The third kappa shape index (κ3) is 1.68. The summed E-state index contributed by atoms with van der Waals surface area (Å²) in [4.78, 5) is 13.4. The molecule has 0 saturated heterocycles. The molecule has 0 bridgehead atoms. The number of rotatable bonds is 3. The minimum absolute atomic E-state index is 0.0591. The lowest BCUT2D eigenvalue weighted by Gasteiger charge is -2.16. The third-order valence-corrected chi connectivity index (χ3v) is 2.07. The Morgan fingerprint density at radius 1 is 1.62 bits per heavy atom. The number of carbonyl (C=O) groups excluding carboxylic acids is 1. The fourth-order valence-electron chi connectivity index (χ4n) is 1.35. The van der Waals surface area contributed by atoms with Crippen molar-refractivity contribution >= 4 is 5.91 Å². The molecule has 1 rings (SSSR count). The molecule has 74 valence electrons. The largest absolute Gasteiger partial charge is 0.373 e. The highest BCUT2D eigenvalue weighted by atomic mass is 16.2. The molecule has 0 aromatic rings. The van der Waals surface area contributed by atoms with Crippen LogP contribution >= 0.6 is 0 Å². The Bertz CT molecular complexity index is 236. The first-order chi connectivity index (χ1) is 6.24. The van der Waals surface area contributed by atoms with E-state index in [1.165, 1.54) is 0 Å². The van der Waals surface area contributed by atoms with Gasteiger partial charge in [-0.05, 0) is 6.92 Å². The number of nitrogens with one attached hydrogen (secondary N) is 3. The third-order valence-electron chi connectivity index (χ3n) is 2.07. The van der Waals surface area contributed by atoms with Crippen LogP contribution in [0.4, 0.5) is 0 Å². The molecule has 0 spiro atoms. The minimum Gasteiger partial charge on any atom is -0.373 e. The van der Waals surface area contributed by atoms with Crippen molar-refractivity contribution in [2.24, 2.45) is 0 Å². The Hall–Kier alpha value is -1.39. The molecule has 3 N–H and O–H groups in total. The second kappa shape index (κ2) is 4.02. The van der Waals surface area contributed by atoms with Crippen LogP contribution in [0.1, 0.15) is 6.92 Å². The molecule has 0 unspecified atom stereocenters. The SMILES string of the molecule is CCN1CNC(NC)=C1C(=O)NC. The van der Waals surface area contributed by atoms with Gasteiger partial charge < -0.3 is 20.9 Å². The number of carbonyl (C=O) groups is 1. The van der Waals surface area contributed by atoms with Gasteiger partial charge in [-0.25, -0.2) is 0 Å². The highest BCUT2D eigenvalue weighted by molar-refractivity contribution is 5.93. The Morgan fingerprint density at radius 3 is 2.77 bits per heavy atom. The second-order valence-corrected chi connectivity index (χ2v) is 2.74. The fourth-order valence-corrected chi connectivity index (χ4v) is 1.35. The predicted octanol–water partition coefficient (Wildman–Crippen LogP) is -0.996. The molecule has 0 radical (unpaired) electrons. The standard InChI is InChI=1S/C8H16N4O/c1-4-12-5-11-7(9-2)6(12)8(13)10-3/h9,11H,4-5H2,1-3H3,(H,10,13). The molecule has 1 heterocycles. The maximum atomic E-state index is 11.5. The monoisotopic (exact) mass is 184 g/mol. The van der Waals surface area contributed by atoms with Gasteiger partial charge in [-0.3, -0.25) is 4.79 Å². The molecule has 1 amide bonds. The van der Waals surface area contributed by atoms with Crippen molar-refractivity contribution in [1.29, 1.82) is 0 Å². The Balaban J connectivity index is 2.88. The summed E-state index contributed by atoms with van der Waals surface area (Å²) in [5, 5.41) is 8.68. The van der Waals surface area contributed by atoms with Crippen molar-refractivity contribution in [2.45, 2.75) is 6.92 Å². The molecule has 1 aliphatic heterocycles.